The van der Waals surface area contributed by atoms with E-state index in [1.807, 2.05) is 37.6 Å². The van der Waals surface area contributed by atoms with Gasteiger partial charge in [-0.3, -0.25) is 9.59 Å². The predicted molar refractivity (Wildman–Crippen MR) is 118 cm³/mol. The summed E-state index contributed by atoms with van der Waals surface area (Å²) in [4.78, 5) is 24.8. The third-order valence-corrected chi connectivity index (χ3v) is 6.73. The van der Waals surface area contributed by atoms with Crippen LogP contribution < -0.4 is 10.6 Å². The van der Waals surface area contributed by atoms with E-state index in [0.29, 0.717) is 28.2 Å². The second-order valence-corrected chi connectivity index (χ2v) is 9.13. The van der Waals surface area contributed by atoms with Gasteiger partial charge < -0.3 is 15.2 Å². The van der Waals surface area contributed by atoms with Crippen LogP contribution >= 0.6 is 11.8 Å². The zero-order valence-corrected chi connectivity index (χ0v) is 19.0. The molecule has 0 unspecified atom stereocenters. The van der Waals surface area contributed by atoms with Crippen molar-refractivity contribution in [3.8, 4) is 0 Å². The number of aryl methyl sites for hydroxylation is 1. The molecule has 2 amide bonds. The summed E-state index contributed by atoms with van der Waals surface area (Å²) in [7, 11) is 1.85. The fraction of sp³-hybridized carbons (Fsp3) is 0.545. The van der Waals surface area contributed by atoms with Crippen molar-refractivity contribution in [1.82, 2.24) is 25.4 Å². The van der Waals surface area contributed by atoms with Crippen molar-refractivity contribution >= 4 is 23.6 Å². The maximum Gasteiger partial charge on any atom is 0.251 e. The third kappa shape index (κ3) is 5.62. The van der Waals surface area contributed by atoms with Crippen molar-refractivity contribution in [2.24, 2.45) is 13.0 Å². The zero-order valence-electron chi connectivity index (χ0n) is 18.1. The Morgan fingerprint density at radius 2 is 1.90 bits per heavy atom. The summed E-state index contributed by atoms with van der Waals surface area (Å²) in [5, 5.41) is 15.2. The number of nitrogens with zero attached hydrogens (tertiary/aromatic N) is 3. The second kappa shape index (κ2) is 10.1. The van der Waals surface area contributed by atoms with Gasteiger partial charge in [-0.15, -0.1) is 10.2 Å². The number of rotatable bonds is 7. The van der Waals surface area contributed by atoms with E-state index < -0.39 is 0 Å². The molecule has 0 bridgehead atoms. The molecule has 1 saturated carbocycles. The summed E-state index contributed by atoms with van der Waals surface area (Å²) in [6.45, 7) is 6.07. The van der Waals surface area contributed by atoms with Crippen LogP contribution in [-0.4, -0.2) is 38.4 Å². The van der Waals surface area contributed by atoms with Gasteiger partial charge in [0.25, 0.3) is 5.91 Å². The van der Waals surface area contributed by atoms with E-state index in [1.165, 1.54) is 31.0 Å². The number of carbonyl (C=O) groups is 2. The molecule has 1 fully saturated rings. The van der Waals surface area contributed by atoms with Gasteiger partial charge >= 0.3 is 0 Å². The molecule has 1 aromatic heterocycles. The summed E-state index contributed by atoms with van der Waals surface area (Å²) in [6.07, 6.45) is 4.67. The summed E-state index contributed by atoms with van der Waals surface area (Å²) < 4.78 is 1.83. The Kier molecular flexibility index (Phi) is 7.53. The van der Waals surface area contributed by atoms with Gasteiger partial charge in [-0.2, -0.15) is 0 Å². The van der Waals surface area contributed by atoms with Crippen LogP contribution in [-0.2, 0) is 11.8 Å². The maximum atomic E-state index is 12.5. The van der Waals surface area contributed by atoms with Gasteiger partial charge in [0.05, 0.1) is 11.8 Å². The highest BCUT2D eigenvalue weighted by molar-refractivity contribution is 7.99. The van der Waals surface area contributed by atoms with E-state index in [1.54, 1.807) is 12.1 Å². The Labute approximate surface area is 182 Å². The van der Waals surface area contributed by atoms with Crippen LogP contribution in [0.2, 0.25) is 0 Å². The number of hydrogen-bond donors (Lipinski definition) is 2. The molecule has 162 valence electrons. The highest BCUT2D eigenvalue weighted by Crippen LogP contribution is 2.24. The van der Waals surface area contributed by atoms with E-state index in [9.17, 15) is 9.59 Å². The minimum absolute atomic E-state index is 0.0315. The average Bonchev–Trinajstić information content (AvgIpc) is 3.09. The van der Waals surface area contributed by atoms with Gasteiger partial charge in [0.2, 0.25) is 5.91 Å². The SMILES string of the molecule is Cc1ccc(C(=O)N[C@H](C)c2nnc(SCC(=O)N[C@@H]3CCCC[C@H]3C)n2C)cc1. The van der Waals surface area contributed by atoms with Crippen molar-refractivity contribution in [2.75, 3.05) is 5.75 Å². The van der Waals surface area contributed by atoms with Crippen LogP contribution in [0.1, 0.15) is 67.3 Å². The lowest BCUT2D eigenvalue weighted by atomic mass is 9.86. The summed E-state index contributed by atoms with van der Waals surface area (Å²) in [6, 6.07) is 7.41. The number of benzene rings is 1. The van der Waals surface area contributed by atoms with Gasteiger partial charge in [-0.05, 0) is 44.7 Å². The standard InChI is InChI=1S/C22H31N5O2S/c1-14-9-11-17(12-10-14)21(29)23-16(3)20-25-26-22(27(20)4)30-13-19(28)24-18-8-6-5-7-15(18)2/h9-12,15-16,18H,5-8,13H2,1-4H3,(H,23,29)(H,24,28)/t15-,16-,18-/m1/s1. The zero-order chi connectivity index (χ0) is 21.7. The van der Waals surface area contributed by atoms with E-state index in [4.69, 9.17) is 0 Å². The van der Waals surface area contributed by atoms with Gasteiger partial charge in [-0.25, -0.2) is 0 Å². The van der Waals surface area contributed by atoms with Gasteiger partial charge in [-0.1, -0.05) is 49.2 Å². The first-order valence-corrected chi connectivity index (χ1v) is 11.5. The highest BCUT2D eigenvalue weighted by Gasteiger charge is 2.23. The fourth-order valence-electron chi connectivity index (χ4n) is 3.79. The molecule has 7 nitrogen and oxygen atoms in total. The summed E-state index contributed by atoms with van der Waals surface area (Å²) in [5.41, 5.74) is 1.72. The molecule has 3 atom stereocenters. The van der Waals surface area contributed by atoms with Crippen LogP contribution in [0.3, 0.4) is 0 Å². The molecule has 0 aliphatic heterocycles. The largest absolute Gasteiger partial charge is 0.352 e. The molecule has 1 heterocycles. The Morgan fingerprint density at radius 1 is 1.20 bits per heavy atom. The van der Waals surface area contributed by atoms with Crippen LogP contribution in [0.15, 0.2) is 29.4 Å². The summed E-state index contributed by atoms with van der Waals surface area (Å²) >= 11 is 1.36. The van der Waals surface area contributed by atoms with Crippen LogP contribution in [0.4, 0.5) is 0 Å². The van der Waals surface area contributed by atoms with Crippen LogP contribution in [0.25, 0.3) is 0 Å². The first kappa shape index (κ1) is 22.3. The van der Waals surface area contributed by atoms with Crippen LogP contribution in [0, 0.1) is 12.8 Å². The van der Waals surface area contributed by atoms with Gasteiger partial charge in [0, 0.05) is 18.7 Å². The fourth-order valence-corrected chi connectivity index (χ4v) is 4.52. The molecular formula is C22H31N5O2S. The number of hydrogen-bond acceptors (Lipinski definition) is 5. The van der Waals surface area contributed by atoms with E-state index >= 15 is 0 Å². The first-order chi connectivity index (χ1) is 14.3. The number of carbonyl (C=O) groups excluding carboxylic acids is 2. The molecule has 0 saturated heterocycles. The molecule has 1 aliphatic carbocycles. The lowest BCUT2D eigenvalue weighted by molar-refractivity contribution is -0.119. The number of amides is 2. The minimum Gasteiger partial charge on any atom is -0.352 e. The molecule has 30 heavy (non-hydrogen) atoms. The predicted octanol–water partition coefficient (Wildman–Crippen LogP) is 3.40. The van der Waals surface area contributed by atoms with Crippen molar-refractivity contribution in [3.05, 3.63) is 41.2 Å². The third-order valence-electron chi connectivity index (χ3n) is 5.71. The van der Waals surface area contributed by atoms with E-state index in [2.05, 4.69) is 27.8 Å². The topological polar surface area (TPSA) is 88.9 Å². The molecule has 3 rings (SSSR count). The van der Waals surface area contributed by atoms with Crippen molar-refractivity contribution < 1.29 is 9.59 Å². The summed E-state index contributed by atoms with van der Waals surface area (Å²) in [5.74, 6) is 1.37. The Bertz CT molecular complexity index is 880. The molecule has 2 N–H and O–H groups in total. The monoisotopic (exact) mass is 429 g/mol. The number of aromatic nitrogens is 3. The Hall–Kier alpha value is -2.35. The number of thioether (sulfide) groups is 1. The van der Waals surface area contributed by atoms with E-state index in [0.717, 1.165) is 12.0 Å². The second-order valence-electron chi connectivity index (χ2n) is 8.19. The smallest absolute Gasteiger partial charge is 0.251 e. The molecule has 8 heteroatoms. The van der Waals surface area contributed by atoms with Gasteiger partial charge in [0.15, 0.2) is 11.0 Å². The maximum absolute atomic E-state index is 12.5. The minimum atomic E-state index is -0.303. The molecule has 1 aliphatic rings. The molecule has 1 aromatic carbocycles. The molecule has 0 spiro atoms. The van der Waals surface area contributed by atoms with Crippen molar-refractivity contribution in [1.29, 1.82) is 0 Å². The average molecular weight is 430 g/mol. The van der Waals surface area contributed by atoms with Gasteiger partial charge in [0.1, 0.15) is 0 Å². The molecular weight excluding hydrogens is 398 g/mol. The van der Waals surface area contributed by atoms with E-state index in [-0.39, 0.29) is 23.9 Å². The van der Waals surface area contributed by atoms with Crippen molar-refractivity contribution in [2.45, 2.75) is 63.7 Å². The molecule has 2 aromatic rings. The number of nitrogens with one attached hydrogen (secondary N) is 2. The first-order valence-electron chi connectivity index (χ1n) is 10.5. The Morgan fingerprint density at radius 3 is 2.60 bits per heavy atom. The normalized spacial score (nSPS) is 19.9. The lowest BCUT2D eigenvalue weighted by Gasteiger charge is -2.29. The molecule has 0 radical (unpaired) electrons. The quantitative estimate of drug-likeness (QED) is 0.659. The lowest BCUT2D eigenvalue weighted by Crippen LogP contribution is -2.41. The highest BCUT2D eigenvalue weighted by atomic mass is 32.2. The van der Waals surface area contributed by atoms with Crippen molar-refractivity contribution in [3.63, 3.8) is 0 Å². The Balaban J connectivity index is 1.53. The van der Waals surface area contributed by atoms with Crippen LogP contribution in [0.5, 0.6) is 0 Å².